The normalized spacial score (nSPS) is 11.1. The summed E-state index contributed by atoms with van der Waals surface area (Å²) < 4.78 is 0. The van der Waals surface area contributed by atoms with Crippen molar-refractivity contribution in [2.24, 2.45) is 0 Å². The van der Waals surface area contributed by atoms with Crippen LogP contribution < -0.4 is 5.32 Å². The molecule has 110 valence electrons. The Labute approximate surface area is 124 Å². The zero-order chi connectivity index (χ0) is 15.3. The molecule has 0 spiro atoms. The number of halogens is 1. The van der Waals surface area contributed by atoms with Crippen molar-refractivity contribution in [3.63, 3.8) is 0 Å². The topological polar surface area (TPSA) is 62.3 Å². The largest absolute Gasteiger partial charge is 0.350 e. The molecule has 0 fully saturated rings. The number of nitrogens with one attached hydrogen (secondary N) is 1. The predicted octanol–water partition coefficient (Wildman–Crippen LogP) is 2.11. The Morgan fingerprint density at radius 3 is 2.55 bits per heavy atom. The van der Waals surface area contributed by atoms with Crippen molar-refractivity contribution in [1.29, 1.82) is 0 Å². The van der Waals surface area contributed by atoms with Crippen LogP contribution >= 0.6 is 11.6 Å². The summed E-state index contributed by atoms with van der Waals surface area (Å²) in [4.78, 5) is 29.5. The van der Waals surface area contributed by atoms with Crippen molar-refractivity contribution in [3.05, 3.63) is 29.0 Å². The summed E-state index contributed by atoms with van der Waals surface area (Å²) in [5.41, 5.74) is -0.0227. The van der Waals surface area contributed by atoms with Gasteiger partial charge in [-0.2, -0.15) is 0 Å². The van der Waals surface area contributed by atoms with E-state index in [9.17, 15) is 9.59 Å². The van der Waals surface area contributed by atoms with Crippen LogP contribution in [0.15, 0.2) is 18.3 Å². The van der Waals surface area contributed by atoms with Gasteiger partial charge in [0, 0.05) is 18.3 Å². The summed E-state index contributed by atoms with van der Waals surface area (Å²) in [6.07, 6.45) is 1.52. The van der Waals surface area contributed by atoms with Crippen molar-refractivity contribution < 1.29 is 9.59 Å². The molecule has 0 unspecified atom stereocenters. The smallest absolute Gasteiger partial charge is 0.257 e. The fourth-order valence-electron chi connectivity index (χ4n) is 1.67. The number of carbonyl (C=O) groups is 2. The van der Waals surface area contributed by atoms with Crippen LogP contribution in [0.5, 0.6) is 0 Å². The van der Waals surface area contributed by atoms with Crippen LogP contribution in [0, 0.1) is 0 Å². The molecule has 20 heavy (non-hydrogen) atoms. The molecule has 0 aromatic carbocycles. The molecule has 0 radical (unpaired) electrons. The Morgan fingerprint density at radius 2 is 2.05 bits per heavy atom. The third-order valence-corrected chi connectivity index (χ3v) is 2.81. The average molecular weight is 298 g/mol. The van der Waals surface area contributed by atoms with E-state index in [-0.39, 0.29) is 29.1 Å². The SMILES string of the molecule is CCN(CC(=O)NC(C)(C)C)C(=O)c1cccnc1Cl. The molecule has 0 bridgehead atoms. The van der Waals surface area contributed by atoms with Gasteiger partial charge in [0.15, 0.2) is 0 Å². The lowest BCUT2D eigenvalue weighted by atomic mass is 10.1. The lowest BCUT2D eigenvalue weighted by molar-refractivity contribution is -0.123. The highest BCUT2D eigenvalue weighted by molar-refractivity contribution is 6.32. The van der Waals surface area contributed by atoms with E-state index in [1.165, 1.54) is 11.1 Å². The van der Waals surface area contributed by atoms with Gasteiger partial charge < -0.3 is 10.2 Å². The van der Waals surface area contributed by atoms with E-state index < -0.39 is 0 Å². The zero-order valence-corrected chi connectivity index (χ0v) is 13.0. The Hall–Kier alpha value is -1.62. The minimum absolute atomic E-state index is 0.00216. The Balaban J connectivity index is 2.79. The van der Waals surface area contributed by atoms with Crippen LogP contribution in [-0.4, -0.2) is 40.3 Å². The van der Waals surface area contributed by atoms with Crippen LogP contribution in [0.2, 0.25) is 5.15 Å². The number of rotatable bonds is 4. The fraction of sp³-hybridized carbons (Fsp3) is 0.500. The first-order valence-corrected chi connectivity index (χ1v) is 6.83. The zero-order valence-electron chi connectivity index (χ0n) is 12.2. The van der Waals surface area contributed by atoms with Gasteiger partial charge in [-0.15, -0.1) is 0 Å². The van der Waals surface area contributed by atoms with Crippen LogP contribution in [0.3, 0.4) is 0 Å². The van der Waals surface area contributed by atoms with E-state index in [0.29, 0.717) is 12.1 Å². The molecular formula is C14H20ClN3O2. The van der Waals surface area contributed by atoms with Gasteiger partial charge in [-0.25, -0.2) is 4.98 Å². The number of likely N-dealkylation sites (N-methyl/N-ethyl adjacent to an activating group) is 1. The second kappa shape index (κ2) is 6.70. The van der Waals surface area contributed by atoms with Crippen molar-refractivity contribution >= 4 is 23.4 Å². The van der Waals surface area contributed by atoms with E-state index >= 15 is 0 Å². The molecule has 0 saturated carbocycles. The van der Waals surface area contributed by atoms with E-state index in [2.05, 4.69) is 10.3 Å². The predicted molar refractivity (Wildman–Crippen MR) is 78.7 cm³/mol. The number of hydrogen-bond acceptors (Lipinski definition) is 3. The van der Waals surface area contributed by atoms with Gasteiger partial charge in [-0.3, -0.25) is 9.59 Å². The Morgan fingerprint density at radius 1 is 1.40 bits per heavy atom. The fourth-order valence-corrected chi connectivity index (χ4v) is 1.87. The monoisotopic (exact) mass is 297 g/mol. The second-order valence-corrected chi connectivity index (χ2v) is 5.82. The number of carbonyl (C=O) groups excluding carboxylic acids is 2. The minimum atomic E-state index is -0.328. The highest BCUT2D eigenvalue weighted by Gasteiger charge is 2.22. The van der Waals surface area contributed by atoms with Gasteiger partial charge in [-0.05, 0) is 39.8 Å². The molecule has 0 aliphatic carbocycles. The van der Waals surface area contributed by atoms with E-state index in [4.69, 9.17) is 11.6 Å². The van der Waals surface area contributed by atoms with Crippen LogP contribution in [0.25, 0.3) is 0 Å². The third-order valence-electron chi connectivity index (χ3n) is 2.51. The number of nitrogens with zero attached hydrogens (tertiary/aromatic N) is 2. The van der Waals surface area contributed by atoms with Crippen molar-refractivity contribution in [1.82, 2.24) is 15.2 Å². The van der Waals surface area contributed by atoms with Gasteiger partial charge in [0.05, 0.1) is 12.1 Å². The summed E-state index contributed by atoms with van der Waals surface area (Å²) in [6, 6.07) is 3.24. The summed E-state index contributed by atoms with van der Waals surface area (Å²) >= 11 is 5.90. The van der Waals surface area contributed by atoms with Crippen LogP contribution in [0.1, 0.15) is 38.1 Å². The van der Waals surface area contributed by atoms with Gasteiger partial charge in [0.1, 0.15) is 5.15 Å². The highest BCUT2D eigenvalue weighted by Crippen LogP contribution is 2.14. The van der Waals surface area contributed by atoms with Crippen molar-refractivity contribution in [2.75, 3.05) is 13.1 Å². The first kappa shape index (κ1) is 16.4. The van der Waals surface area contributed by atoms with Crippen LogP contribution in [0.4, 0.5) is 0 Å². The second-order valence-electron chi connectivity index (χ2n) is 5.46. The molecule has 0 aliphatic rings. The van der Waals surface area contributed by atoms with Gasteiger partial charge >= 0.3 is 0 Å². The molecule has 1 aromatic heterocycles. The molecule has 1 heterocycles. The molecule has 6 heteroatoms. The summed E-state index contributed by atoms with van der Waals surface area (Å²) in [5.74, 6) is -0.498. The average Bonchev–Trinajstić information content (AvgIpc) is 2.33. The molecule has 1 aromatic rings. The van der Waals surface area contributed by atoms with Crippen LogP contribution in [-0.2, 0) is 4.79 Å². The lowest BCUT2D eigenvalue weighted by Crippen LogP contribution is -2.47. The maximum atomic E-state index is 12.3. The maximum Gasteiger partial charge on any atom is 0.257 e. The summed E-state index contributed by atoms with van der Waals surface area (Å²) in [6.45, 7) is 7.90. The maximum absolute atomic E-state index is 12.3. The van der Waals surface area contributed by atoms with Crippen molar-refractivity contribution in [2.45, 2.75) is 33.2 Å². The number of hydrogen-bond donors (Lipinski definition) is 1. The molecule has 5 nitrogen and oxygen atoms in total. The molecule has 2 amide bonds. The first-order valence-electron chi connectivity index (χ1n) is 6.45. The number of amides is 2. The molecule has 0 saturated heterocycles. The van der Waals surface area contributed by atoms with Crippen molar-refractivity contribution in [3.8, 4) is 0 Å². The molecule has 1 N–H and O–H groups in total. The Kier molecular flexibility index (Phi) is 5.51. The quantitative estimate of drug-likeness (QED) is 0.866. The Bertz CT molecular complexity index is 497. The number of aromatic nitrogens is 1. The molecule has 0 aliphatic heterocycles. The molecule has 1 rings (SSSR count). The highest BCUT2D eigenvalue weighted by atomic mass is 35.5. The van der Waals surface area contributed by atoms with E-state index in [1.807, 2.05) is 27.7 Å². The van der Waals surface area contributed by atoms with E-state index in [0.717, 1.165) is 0 Å². The van der Waals surface area contributed by atoms with Gasteiger partial charge in [0.25, 0.3) is 5.91 Å². The summed E-state index contributed by atoms with van der Waals surface area (Å²) in [7, 11) is 0. The van der Waals surface area contributed by atoms with E-state index in [1.54, 1.807) is 12.1 Å². The first-order chi connectivity index (χ1) is 9.24. The minimum Gasteiger partial charge on any atom is -0.350 e. The van der Waals surface area contributed by atoms with Gasteiger partial charge in [-0.1, -0.05) is 11.6 Å². The summed E-state index contributed by atoms with van der Waals surface area (Å²) in [5, 5.41) is 2.97. The number of pyridine rings is 1. The standard InChI is InChI=1S/C14H20ClN3O2/c1-5-18(9-11(19)17-14(2,3)4)13(20)10-7-6-8-16-12(10)15/h6-8H,5,9H2,1-4H3,(H,17,19). The lowest BCUT2D eigenvalue weighted by Gasteiger charge is -2.25. The third kappa shape index (κ3) is 4.81. The molecule has 0 atom stereocenters. The van der Waals surface area contributed by atoms with Gasteiger partial charge in [0.2, 0.25) is 5.91 Å². The molecular weight excluding hydrogens is 278 g/mol.